The monoisotopic (exact) mass is 190 g/mol. The Morgan fingerprint density at radius 3 is 1.33 bits per heavy atom. The molecule has 0 rings (SSSR count). The Labute approximate surface area is 62.3 Å². The van der Waals surface area contributed by atoms with Crippen LogP contribution in [0.4, 0.5) is 0 Å². The Hall–Kier alpha value is 0.417. The van der Waals surface area contributed by atoms with Crippen molar-refractivity contribution in [2.75, 3.05) is 0 Å². The van der Waals surface area contributed by atoms with Crippen LogP contribution in [0.5, 0.6) is 0 Å². The van der Waals surface area contributed by atoms with Crippen molar-refractivity contribution >= 4 is 29.2 Å². The molecule has 0 aliphatic heterocycles. The summed E-state index contributed by atoms with van der Waals surface area (Å²) in [7, 11) is -6.03. The summed E-state index contributed by atoms with van der Waals surface area (Å²) in [4.78, 5) is 0. The topological polar surface area (TPSA) is 54.4 Å². The van der Waals surface area contributed by atoms with Gasteiger partial charge in [-0.1, -0.05) is 19.6 Å². The van der Waals surface area contributed by atoms with E-state index in [-0.39, 0.29) is 12.4 Å². The summed E-state index contributed by atoms with van der Waals surface area (Å²) in [6.45, 7) is 4.72. The molecule has 0 aromatic heterocycles. The Morgan fingerprint density at radius 1 is 1.22 bits per heavy atom. The second-order valence-electron chi connectivity index (χ2n) is 2.59. The summed E-state index contributed by atoms with van der Waals surface area (Å²) >= 11 is 0. The van der Waals surface area contributed by atoms with Gasteiger partial charge in [0.2, 0.25) is 16.8 Å². The highest BCUT2D eigenvalue weighted by molar-refractivity contribution is 8.17. The van der Waals surface area contributed by atoms with E-state index in [0.29, 0.717) is 0 Å². The van der Waals surface area contributed by atoms with Gasteiger partial charge in [0.15, 0.2) is 0 Å². The zero-order valence-electron chi connectivity index (χ0n) is 5.58. The Balaban J connectivity index is 0. The van der Waals surface area contributed by atoms with Gasteiger partial charge in [-0.15, -0.1) is 12.4 Å². The van der Waals surface area contributed by atoms with E-state index in [1.54, 1.807) is 19.6 Å². The predicted octanol–water partition coefficient (Wildman–Crippen LogP) is 1.13. The van der Waals surface area contributed by atoms with Gasteiger partial charge in [0.1, 0.15) is 0 Å². The molecule has 0 aliphatic carbocycles. The largest absolute Gasteiger partial charge is 0.291 e. The first-order chi connectivity index (χ1) is 3.25. The molecule has 6 heteroatoms. The van der Waals surface area contributed by atoms with Gasteiger partial charge in [-0.25, -0.2) is 8.42 Å². The van der Waals surface area contributed by atoms with Gasteiger partial charge in [0.05, 0.1) is 0 Å². The summed E-state index contributed by atoms with van der Waals surface area (Å²) < 4.78 is 28.9. The maximum absolute atomic E-state index is 10.3. The van der Waals surface area contributed by atoms with Crippen LogP contribution in [0.2, 0.25) is 19.6 Å². The van der Waals surface area contributed by atoms with Gasteiger partial charge in [-0.05, 0) is 0 Å². The van der Waals surface area contributed by atoms with E-state index in [9.17, 15) is 8.42 Å². The van der Waals surface area contributed by atoms with Crippen LogP contribution in [0.15, 0.2) is 0 Å². The van der Waals surface area contributed by atoms with Gasteiger partial charge >= 0.3 is 0 Å². The summed E-state index contributed by atoms with van der Waals surface area (Å²) in [5.41, 5.74) is 0. The lowest BCUT2D eigenvalue weighted by atomic mass is 11.8. The van der Waals surface area contributed by atoms with Crippen LogP contribution in [0.1, 0.15) is 0 Å². The fraction of sp³-hybridized carbons (Fsp3) is 1.00. The molecule has 0 fully saturated rings. The molecule has 0 saturated heterocycles. The van der Waals surface area contributed by atoms with Crippen molar-refractivity contribution in [3.8, 4) is 0 Å². The number of hydrogen-bond acceptors (Lipinski definition) is 2. The standard InChI is InChI=1S/C3H10O3SSi.ClH/c1-8(2,3)7(4,5)6;/h1-3H3,(H,4,5,6);1H. The van der Waals surface area contributed by atoms with Crippen LogP contribution in [-0.4, -0.2) is 20.2 Å². The normalized spacial score (nSPS) is 12.4. The minimum atomic E-state index is -3.70. The fourth-order valence-electron chi connectivity index (χ4n) is 0. The van der Waals surface area contributed by atoms with Crippen molar-refractivity contribution in [3.05, 3.63) is 0 Å². The lowest BCUT2D eigenvalue weighted by Gasteiger charge is -2.08. The van der Waals surface area contributed by atoms with E-state index in [2.05, 4.69) is 0 Å². The summed E-state index contributed by atoms with van der Waals surface area (Å²) in [5.74, 6) is 0. The molecular weight excluding hydrogens is 180 g/mol. The van der Waals surface area contributed by atoms with Crippen molar-refractivity contribution < 1.29 is 13.0 Å². The number of hydrogen-bond donors (Lipinski definition) is 1. The van der Waals surface area contributed by atoms with Gasteiger partial charge in [-0.2, -0.15) is 0 Å². The molecule has 58 valence electrons. The van der Waals surface area contributed by atoms with Crippen LogP contribution < -0.4 is 0 Å². The van der Waals surface area contributed by atoms with Crippen LogP contribution >= 0.6 is 12.4 Å². The summed E-state index contributed by atoms with van der Waals surface area (Å²) in [6, 6.07) is 0. The quantitative estimate of drug-likeness (QED) is 0.498. The highest BCUT2D eigenvalue weighted by atomic mass is 35.5. The zero-order chi connectivity index (χ0) is 7.00. The lowest BCUT2D eigenvalue weighted by molar-refractivity contribution is 0.498. The van der Waals surface area contributed by atoms with Crippen LogP contribution in [-0.2, 0) is 9.57 Å². The third kappa shape index (κ3) is 3.91. The summed E-state index contributed by atoms with van der Waals surface area (Å²) in [6.07, 6.45) is 0. The third-order valence-electron chi connectivity index (χ3n) is 0.774. The highest BCUT2D eigenvalue weighted by Crippen LogP contribution is 2.07. The van der Waals surface area contributed by atoms with Crippen molar-refractivity contribution in [1.29, 1.82) is 0 Å². The molecule has 0 heterocycles. The molecule has 0 spiro atoms. The van der Waals surface area contributed by atoms with E-state index >= 15 is 0 Å². The van der Waals surface area contributed by atoms with Gasteiger partial charge < -0.3 is 0 Å². The predicted molar refractivity (Wildman–Crippen MR) is 42.1 cm³/mol. The first-order valence-corrected chi connectivity index (χ1v) is 7.88. The zero-order valence-corrected chi connectivity index (χ0v) is 8.21. The molecule has 0 aromatic carbocycles. The fourth-order valence-corrected chi connectivity index (χ4v) is 0. The van der Waals surface area contributed by atoms with Gasteiger partial charge in [0.25, 0.3) is 0 Å². The van der Waals surface area contributed by atoms with Crippen molar-refractivity contribution in [2.24, 2.45) is 0 Å². The Kier molecular flexibility index (Phi) is 4.05. The van der Waals surface area contributed by atoms with Crippen molar-refractivity contribution in [3.63, 3.8) is 0 Å². The molecule has 0 aliphatic rings. The average Bonchev–Trinajstić information content (AvgIpc) is 1.25. The van der Waals surface area contributed by atoms with Gasteiger partial charge in [-0.3, -0.25) is 4.55 Å². The van der Waals surface area contributed by atoms with Crippen LogP contribution in [0.3, 0.4) is 0 Å². The molecule has 9 heavy (non-hydrogen) atoms. The highest BCUT2D eigenvalue weighted by Gasteiger charge is 2.29. The number of rotatable bonds is 1. The molecule has 3 nitrogen and oxygen atoms in total. The first kappa shape index (κ1) is 12.1. The van der Waals surface area contributed by atoms with Crippen LogP contribution in [0, 0.1) is 0 Å². The second-order valence-corrected chi connectivity index (χ2v) is 13.0. The maximum Gasteiger partial charge on any atom is 0.227 e. The molecule has 0 radical (unpaired) electrons. The number of halogens is 1. The van der Waals surface area contributed by atoms with Crippen molar-refractivity contribution in [1.82, 2.24) is 0 Å². The Morgan fingerprint density at radius 2 is 1.33 bits per heavy atom. The molecule has 0 saturated carbocycles. The SMILES string of the molecule is C[Si](C)(C)S(=O)(=O)O.Cl. The van der Waals surface area contributed by atoms with Crippen LogP contribution in [0.25, 0.3) is 0 Å². The molecule has 1 N–H and O–H groups in total. The van der Waals surface area contributed by atoms with E-state index in [1.165, 1.54) is 0 Å². The smallest absolute Gasteiger partial charge is 0.227 e. The second kappa shape index (κ2) is 3.00. The van der Waals surface area contributed by atoms with E-state index in [1.807, 2.05) is 0 Å². The third-order valence-corrected chi connectivity index (χ3v) is 6.96. The van der Waals surface area contributed by atoms with E-state index < -0.39 is 16.8 Å². The van der Waals surface area contributed by atoms with E-state index in [0.717, 1.165) is 0 Å². The molecule has 0 aromatic rings. The van der Waals surface area contributed by atoms with E-state index in [4.69, 9.17) is 4.55 Å². The molecule has 0 amide bonds. The average molecular weight is 191 g/mol. The minimum Gasteiger partial charge on any atom is -0.291 e. The van der Waals surface area contributed by atoms with Crippen molar-refractivity contribution in [2.45, 2.75) is 19.6 Å². The summed E-state index contributed by atoms with van der Waals surface area (Å²) in [5, 5.41) is 0. The minimum absolute atomic E-state index is 0. The molecule has 0 unspecified atom stereocenters. The molecule has 0 atom stereocenters. The Bertz CT molecular complexity index is 168. The lowest BCUT2D eigenvalue weighted by Crippen LogP contribution is -2.32. The molecule has 0 bridgehead atoms. The maximum atomic E-state index is 10.3. The molecular formula is C3H11ClO3SSi. The van der Waals surface area contributed by atoms with Gasteiger partial charge in [0, 0.05) is 0 Å². The first-order valence-electron chi connectivity index (χ1n) is 2.22.